The van der Waals surface area contributed by atoms with Gasteiger partial charge in [0.1, 0.15) is 11.3 Å². The first kappa shape index (κ1) is 12.0. The Morgan fingerprint density at radius 2 is 2.00 bits per heavy atom. The SMILES string of the molecule is Cc1oncc1C(=O)NCC(=O)c1ccccc1. The summed E-state index contributed by atoms with van der Waals surface area (Å²) in [6, 6.07) is 8.80. The normalized spacial score (nSPS) is 10.1. The van der Waals surface area contributed by atoms with Gasteiger partial charge in [-0.15, -0.1) is 0 Å². The number of Topliss-reactive ketones (excluding diaryl/α,β-unsaturated/α-hetero) is 1. The van der Waals surface area contributed by atoms with E-state index in [0.29, 0.717) is 16.9 Å². The van der Waals surface area contributed by atoms with Crippen LogP contribution in [0.15, 0.2) is 41.1 Å². The van der Waals surface area contributed by atoms with Crippen molar-refractivity contribution in [3.05, 3.63) is 53.4 Å². The molecule has 1 aromatic carbocycles. The fraction of sp³-hybridized carbons (Fsp3) is 0.154. The Balaban J connectivity index is 1.95. The summed E-state index contributed by atoms with van der Waals surface area (Å²) in [7, 11) is 0. The highest BCUT2D eigenvalue weighted by Crippen LogP contribution is 2.05. The van der Waals surface area contributed by atoms with Crippen molar-refractivity contribution in [2.24, 2.45) is 0 Å². The van der Waals surface area contributed by atoms with E-state index in [1.54, 1.807) is 31.2 Å². The van der Waals surface area contributed by atoms with Gasteiger partial charge in [-0.3, -0.25) is 9.59 Å². The zero-order chi connectivity index (χ0) is 13.0. The quantitative estimate of drug-likeness (QED) is 0.829. The predicted octanol–water partition coefficient (Wildman–Crippen LogP) is 1.60. The molecule has 5 nitrogen and oxygen atoms in total. The maximum absolute atomic E-state index is 11.7. The molecule has 0 spiro atoms. The van der Waals surface area contributed by atoms with Crippen molar-refractivity contribution in [1.29, 1.82) is 0 Å². The highest BCUT2D eigenvalue weighted by atomic mass is 16.5. The highest BCUT2D eigenvalue weighted by Gasteiger charge is 2.14. The zero-order valence-electron chi connectivity index (χ0n) is 9.84. The van der Waals surface area contributed by atoms with Gasteiger partial charge in [-0.25, -0.2) is 0 Å². The molecule has 18 heavy (non-hydrogen) atoms. The number of amides is 1. The molecular weight excluding hydrogens is 232 g/mol. The van der Waals surface area contributed by atoms with Crippen molar-refractivity contribution < 1.29 is 14.1 Å². The van der Waals surface area contributed by atoms with Crippen molar-refractivity contribution in [3.63, 3.8) is 0 Å². The summed E-state index contributed by atoms with van der Waals surface area (Å²) < 4.78 is 4.78. The number of nitrogens with zero attached hydrogens (tertiary/aromatic N) is 1. The fourth-order valence-corrected chi connectivity index (χ4v) is 1.50. The predicted molar refractivity (Wildman–Crippen MR) is 64.3 cm³/mol. The summed E-state index contributed by atoms with van der Waals surface area (Å²) in [5, 5.41) is 6.04. The van der Waals surface area contributed by atoms with Crippen LogP contribution >= 0.6 is 0 Å². The Morgan fingerprint density at radius 1 is 1.28 bits per heavy atom. The smallest absolute Gasteiger partial charge is 0.256 e. The summed E-state index contributed by atoms with van der Waals surface area (Å²) in [6.07, 6.45) is 1.33. The summed E-state index contributed by atoms with van der Waals surface area (Å²) in [5.74, 6) is -0.0734. The molecule has 0 aliphatic carbocycles. The number of aryl methyl sites for hydroxylation is 1. The number of ketones is 1. The summed E-state index contributed by atoms with van der Waals surface area (Å²) in [6.45, 7) is 1.59. The minimum absolute atomic E-state index is 0.0481. The van der Waals surface area contributed by atoms with Crippen molar-refractivity contribution in [2.75, 3.05) is 6.54 Å². The van der Waals surface area contributed by atoms with Gasteiger partial charge in [0, 0.05) is 5.56 Å². The van der Waals surface area contributed by atoms with E-state index in [-0.39, 0.29) is 18.2 Å². The number of rotatable bonds is 4. The molecule has 0 saturated heterocycles. The fourth-order valence-electron chi connectivity index (χ4n) is 1.50. The molecular formula is C13H12N2O3. The zero-order valence-corrected chi connectivity index (χ0v) is 9.84. The first-order valence-corrected chi connectivity index (χ1v) is 5.46. The topological polar surface area (TPSA) is 72.2 Å². The minimum Gasteiger partial charge on any atom is -0.361 e. The number of benzene rings is 1. The van der Waals surface area contributed by atoms with Gasteiger partial charge < -0.3 is 9.84 Å². The second kappa shape index (κ2) is 5.27. The number of nitrogens with one attached hydrogen (secondary N) is 1. The van der Waals surface area contributed by atoms with E-state index in [0.717, 1.165) is 0 Å². The van der Waals surface area contributed by atoms with Gasteiger partial charge in [-0.2, -0.15) is 0 Å². The molecule has 0 radical (unpaired) electrons. The van der Waals surface area contributed by atoms with Crippen LogP contribution < -0.4 is 5.32 Å². The van der Waals surface area contributed by atoms with Crippen molar-refractivity contribution in [3.8, 4) is 0 Å². The third-order valence-electron chi connectivity index (χ3n) is 2.50. The molecule has 2 aromatic rings. The third kappa shape index (κ3) is 2.63. The molecule has 92 valence electrons. The first-order valence-electron chi connectivity index (χ1n) is 5.46. The molecule has 0 unspecified atom stereocenters. The van der Waals surface area contributed by atoms with Gasteiger partial charge in [0.25, 0.3) is 5.91 Å². The van der Waals surface area contributed by atoms with E-state index in [9.17, 15) is 9.59 Å². The molecule has 0 bridgehead atoms. The van der Waals surface area contributed by atoms with Crippen LogP contribution in [0.4, 0.5) is 0 Å². The van der Waals surface area contributed by atoms with Crippen LogP contribution in [-0.2, 0) is 0 Å². The Hall–Kier alpha value is -2.43. The first-order chi connectivity index (χ1) is 8.68. The summed E-state index contributed by atoms with van der Waals surface area (Å²) >= 11 is 0. The van der Waals surface area contributed by atoms with Crippen LogP contribution in [0, 0.1) is 6.92 Å². The largest absolute Gasteiger partial charge is 0.361 e. The van der Waals surface area contributed by atoms with E-state index < -0.39 is 0 Å². The number of hydrogen-bond donors (Lipinski definition) is 1. The van der Waals surface area contributed by atoms with Crippen molar-refractivity contribution in [1.82, 2.24) is 10.5 Å². The second-order valence-corrected chi connectivity index (χ2v) is 3.77. The van der Waals surface area contributed by atoms with Crippen molar-refractivity contribution >= 4 is 11.7 Å². The lowest BCUT2D eigenvalue weighted by Crippen LogP contribution is -2.29. The Labute approximate surface area is 104 Å². The molecule has 0 saturated carbocycles. The van der Waals surface area contributed by atoms with Crippen LogP contribution in [-0.4, -0.2) is 23.4 Å². The number of hydrogen-bond acceptors (Lipinski definition) is 4. The van der Waals surface area contributed by atoms with E-state index in [2.05, 4.69) is 10.5 Å². The van der Waals surface area contributed by atoms with Gasteiger partial charge in [0.15, 0.2) is 5.78 Å². The van der Waals surface area contributed by atoms with E-state index >= 15 is 0 Å². The number of aromatic nitrogens is 1. The maximum atomic E-state index is 11.7. The van der Waals surface area contributed by atoms with Crippen LogP contribution in [0.3, 0.4) is 0 Å². The molecule has 1 aromatic heterocycles. The molecule has 1 N–H and O–H groups in total. The number of carbonyl (C=O) groups excluding carboxylic acids is 2. The Bertz CT molecular complexity index is 561. The van der Waals surface area contributed by atoms with Gasteiger partial charge in [-0.05, 0) is 6.92 Å². The lowest BCUT2D eigenvalue weighted by Gasteiger charge is -2.03. The van der Waals surface area contributed by atoms with Gasteiger partial charge in [0.05, 0.1) is 12.7 Å². The van der Waals surface area contributed by atoms with Crippen LogP contribution in [0.5, 0.6) is 0 Å². The number of carbonyl (C=O) groups is 2. The van der Waals surface area contributed by atoms with Gasteiger partial charge in [-0.1, -0.05) is 35.5 Å². The van der Waals surface area contributed by atoms with Crippen LogP contribution in [0.2, 0.25) is 0 Å². The lowest BCUT2D eigenvalue weighted by molar-refractivity contribution is 0.0903. The molecule has 2 rings (SSSR count). The lowest BCUT2D eigenvalue weighted by atomic mass is 10.1. The molecule has 0 aliphatic rings. The summed E-state index contributed by atoms with van der Waals surface area (Å²) in [5.41, 5.74) is 0.913. The Kier molecular flexibility index (Phi) is 3.52. The van der Waals surface area contributed by atoms with E-state index in [1.807, 2.05) is 6.07 Å². The third-order valence-corrected chi connectivity index (χ3v) is 2.50. The average Bonchev–Trinajstić information content (AvgIpc) is 2.83. The monoisotopic (exact) mass is 244 g/mol. The summed E-state index contributed by atoms with van der Waals surface area (Å²) in [4.78, 5) is 23.4. The van der Waals surface area contributed by atoms with Crippen molar-refractivity contribution in [2.45, 2.75) is 6.92 Å². The molecule has 1 heterocycles. The molecule has 0 atom stereocenters. The standard InChI is InChI=1S/C13H12N2O3/c1-9-11(7-15-18-9)13(17)14-8-12(16)10-5-3-2-4-6-10/h2-7H,8H2,1H3,(H,14,17). The van der Waals surface area contributed by atoms with Crippen LogP contribution in [0.1, 0.15) is 26.5 Å². The van der Waals surface area contributed by atoms with E-state index in [1.165, 1.54) is 6.20 Å². The van der Waals surface area contributed by atoms with Crippen LogP contribution in [0.25, 0.3) is 0 Å². The van der Waals surface area contributed by atoms with Gasteiger partial charge >= 0.3 is 0 Å². The molecule has 5 heteroatoms. The molecule has 1 amide bonds. The van der Waals surface area contributed by atoms with E-state index in [4.69, 9.17) is 4.52 Å². The maximum Gasteiger partial charge on any atom is 0.256 e. The Morgan fingerprint density at radius 3 is 2.61 bits per heavy atom. The molecule has 0 fully saturated rings. The second-order valence-electron chi connectivity index (χ2n) is 3.77. The van der Waals surface area contributed by atoms with Gasteiger partial charge in [0.2, 0.25) is 0 Å². The molecule has 0 aliphatic heterocycles. The minimum atomic E-state index is -0.363. The highest BCUT2D eigenvalue weighted by molar-refractivity contribution is 6.02. The average molecular weight is 244 g/mol.